The number of amides is 1. The number of fused-ring (bicyclic) bond motifs is 1. The highest BCUT2D eigenvalue weighted by atomic mass is 35.5. The number of aromatic nitrogens is 1. The quantitative estimate of drug-likeness (QED) is 0.803. The minimum atomic E-state index is -0.0757. The van der Waals surface area contributed by atoms with Gasteiger partial charge in [-0.15, -0.1) is 0 Å². The predicted molar refractivity (Wildman–Crippen MR) is 88.0 cm³/mol. The number of carbonyl (C=O) groups excluding carboxylic acids is 1. The van der Waals surface area contributed by atoms with Crippen LogP contribution in [0.2, 0.25) is 10.0 Å². The zero-order valence-corrected chi connectivity index (χ0v) is 14.0. The molecule has 1 aliphatic heterocycles. The first kappa shape index (κ1) is 15.0. The van der Waals surface area contributed by atoms with Gasteiger partial charge in [-0.3, -0.25) is 4.79 Å². The van der Waals surface area contributed by atoms with Gasteiger partial charge in [0.1, 0.15) is 11.5 Å². The molecule has 0 spiro atoms. The van der Waals surface area contributed by atoms with Crippen molar-refractivity contribution in [1.29, 1.82) is 0 Å². The maximum absolute atomic E-state index is 12.7. The minimum absolute atomic E-state index is 0.0757. The lowest BCUT2D eigenvalue weighted by atomic mass is 9.85. The molecule has 0 radical (unpaired) electrons. The lowest BCUT2D eigenvalue weighted by Gasteiger charge is -2.25. The van der Waals surface area contributed by atoms with Crippen LogP contribution in [-0.2, 0) is 13.0 Å². The number of nitrogens with zero attached hydrogens (tertiary/aromatic N) is 2. The van der Waals surface area contributed by atoms with E-state index in [1.165, 1.54) is 6.42 Å². The lowest BCUT2D eigenvalue weighted by Crippen LogP contribution is -2.35. The Balaban J connectivity index is 1.54. The fourth-order valence-electron chi connectivity index (χ4n) is 3.08. The topological polar surface area (TPSA) is 46.3 Å². The molecule has 0 N–H and O–H groups in total. The lowest BCUT2D eigenvalue weighted by molar-refractivity contribution is 0.0728. The van der Waals surface area contributed by atoms with Gasteiger partial charge in [-0.1, -0.05) is 29.6 Å². The van der Waals surface area contributed by atoms with E-state index >= 15 is 0 Å². The van der Waals surface area contributed by atoms with E-state index < -0.39 is 0 Å². The first-order valence-electron chi connectivity index (χ1n) is 7.84. The van der Waals surface area contributed by atoms with Gasteiger partial charge in [-0.25, -0.2) is 4.98 Å². The SMILES string of the molecule is O=C(c1cc(Cl)cc(Cl)c1)N1CCc2oc(C3CCC3)nc2C1. The molecule has 23 heavy (non-hydrogen) atoms. The monoisotopic (exact) mass is 350 g/mol. The van der Waals surface area contributed by atoms with Gasteiger partial charge in [0.05, 0.1) is 6.54 Å². The second-order valence-electron chi connectivity index (χ2n) is 6.18. The second-order valence-corrected chi connectivity index (χ2v) is 7.06. The number of hydrogen-bond donors (Lipinski definition) is 0. The van der Waals surface area contributed by atoms with E-state index in [9.17, 15) is 4.79 Å². The molecule has 6 heteroatoms. The molecule has 0 atom stereocenters. The van der Waals surface area contributed by atoms with Crippen LogP contribution in [0.25, 0.3) is 0 Å². The van der Waals surface area contributed by atoms with Crippen LogP contribution < -0.4 is 0 Å². The summed E-state index contributed by atoms with van der Waals surface area (Å²) in [6, 6.07) is 4.92. The van der Waals surface area contributed by atoms with Crippen LogP contribution in [0.3, 0.4) is 0 Å². The molecule has 1 amide bonds. The molecule has 1 aromatic heterocycles. The predicted octanol–water partition coefficient (Wildman–Crippen LogP) is 4.45. The summed E-state index contributed by atoms with van der Waals surface area (Å²) in [5.41, 5.74) is 1.40. The molecule has 2 aromatic rings. The molecule has 1 aromatic carbocycles. The van der Waals surface area contributed by atoms with Crippen molar-refractivity contribution >= 4 is 29.1 Å². The molecule has 4 nitrogen and oxygen atoms in total. The van der Waals surface area contributed by atoms with E-state index in [4.69, 9.17) is 27.6 Å². The van der Waals surface area contributed by atoms with Gasteiger partial charge in [0.25, 0.3) is 5.91 Å². The summed E-state index contributed by atoms with van der Waals surface area (Å²) >= 11 is 12.0. The minimum Gasteiger partial charge on any atom is -0.445 e. The highest BCUT2D eigenvalue weighted by Gasteiger charge is 2.30. The highest BCUT2D eigenvalue weighted by Crippen LogP contribution is 2.37. The first-order valence-corrected chi connectivity index (χ1v) is 8.59. The summed E-state index contributed by atoms with van der Waals surface area (Å²) in [6.07, 6.45) is 4.26. The van der Waals surface area contributed by atoms with Crippen LogP contribution >= 0.6 is 23.2 Å². The first-order chi connectivity index (χ1) is 11.1. The molecule has 0 saturated heterocycles. The van der Waals surface area contributed by atoms with Crippen molar-refractivity contribution in [2.24, 2.45) is 0 Å². The van der Waals surface area contributed by atoms with Crippen molar-refractivity contribution in [3.05, 3.63) is 51.2 Å². The number of benzene rings is 1. The Bertz CT molecular complexity index is 748. The third-order valence-electron chi connectivity index (χ3n) is 4.60. The van der Waals surface area contributed by atoms with Gasteiger partial charge >= 0.3 is 0 Å². The van der Waals surface area contributed by atoms with Crippen LogP contribution in [0.15, 0.2) is 22.6 Å². The van der Waals surface area contributed by atoms with E-state index in [0.717, 1.165) is 30.2 Å². The van der Waals surface area contributed by atoms with E-state index in [1.807, 2.05) is 0 Å². The van der Waals surface area contributed by atoms with Gasteiger partial charge in [-0.05, 0) is 31.0 Å². The van der Waals surface area contributed by atoms with Gasteiger partial charge in [0.2, 0.25) is 0 Å². The van der Waals surface area contributed by atoms with Gasteiger partial charge < -0.3 is 9.32 Å². The molecule has 120 valence electrons. The van der Waals surface area contributed by atoms with Crippen LogP contribution in [0.1, 0.15) is 52.9 Å². The zero-order chi connectivity index (χ0) is 16.0. The Kier molecular flexibility index (Phi) is 3.82. The second kappa shape index (κ2) is 5.84. The van der Waals surface area contributed by atoms with Gasteiger partial charge in [-0.2, -0.15) is 0 Å². The normalized spacial score (nSPS) is 17.7. The average molecular weight is 351 g/mol. The molecule has 2 aliphatic rings. The van der Waals surface area contributed by atoms with E-state index in [-0.39, 0.29) is 5.91 Å². The molecule has 1 aliphatic carbocycles. The fraction of sp³-hybridized carbons (Fsp3) is 0.412. The summed E-state index contributed by atoms with van der Waals surface area (Å²) in [5, 5.41) is 0.930. The van der Waals surface area contributed by atoms with Crippen molar-refractivity contribution in [3.63, 3.8) is 0 Å². The highest BCUT2D eigenvalue weighted by molar-refractivity contribution is 6.35. The average Bonchev–Trinajstić information content (AvgIpc) is 2.85. The molecular weight excluding hydrogens is 335 g/mol. The van der Waals surface area contributed by atoms with E-state index in [0.29, 0.717) is 41.0 Å². The third kappa shape index (κ3) is 2.86. The smallest absolute Gasteiger partial charge is 0.254 e. The molecule has 1 fully saturated rings. The van der Waals surface area contributed by atoms with Crippen molar-refractivity contribution in [1.82, 2.24) is 9.88 Å². The number of halogens is 2. The Hall–Kier alpha value is -1.52. The fourth-order valence-corrected chi connectivity index (χ4v) is 3.61. The van der Waals surface area contributed by atoms with Gasteiger partial charge in [0, 0.05) is 34.5 Å². The molecular formula is C17H16Cl2N2O2. The molecule has 0 unspecified atom stereocenters. The van der Waals surface area contributed by atoms with Crippen LogP contribution in [-0.4, -0.2) is 22.3 Å². The molecule has 4 rings (SSSR count). The van der Waals surface area contributed by atoms with Crippen molar-refractivity contribution in [2.45, 2.75) is 38.1 Å². The standard InChI is InChI=1S/C17H16Cl2N2O2/c18-12-6-11(7-13(19)8-12)17(22)21-5-4-15-14(9-21)20-16(23-15)10-2-1-3-10/h6-8,10H,1-5,9H2. The Morgan fingerprint density at radius 3 is 2.61 bits per heavy atom. The Morgan fingerprint density at radius 2 is 1.96 bits per heavy atom. The number of hydrogen-bond acceptors (Lipinski definition) is 3. The number of oxazole rings is 1. The van der Waals surface area contributed by atoms with Crippen LogP contribution in [0.5, 0.6) is 0 Å². The van der Waals surface area contributed by atoms with Crippen molar-refractivity contribution < 1.29 is 9.21 Å². The summed E-state index contributed by atoms with van der Waals surface area (Å²) < 4.78 is 5.89. The summed E-state index contributed by atoms with van der Waals surface area (Å²) in [5.74, 6) is 2.17. The molecule has 2 heterocycles. The Labute approximate surface area is 144 Å². The summed E-state index contributed by atoms with van der Waals surface area (Å²) in [6.45, 7) is 1.10. The summed E-state index contributed by atoms with van der Waals surface area (Å²) in [7, 11) is 0. The Morgan fingerprint density at radius 1 is 1.22 bits per heavy atom. The van der Waals surface area contributed by atoms with Gasteiger partial charge in [0.15, 0.2) is 5.89 Å². The van der Waals surface area contributed by atoms with Crippen molar-refractivity contribution in [2.75, 3.05) is 6.54 Å². The maximum Gasteiger partial charge on any atom is 0.254 e. The van der Waals surface area contributed by atoms with E-state index in [2.05, 4.69) is 4.98 Å². The number of carbonyl (C=O) groups is 1. The summed E-state index contributed by atoms with van der Waals surface area (Å²) in [4.78, 5) is 19.1. The van der Waals surface area contributed by atoms with Crippen LogP contribution in [0, 0.1) is 0 Å². The van der Waals surface area contributed by atoms with Crippen LogP contribution in [0.4, 0.5) is 0 Å². The molecule has 0 bridgehead atoms. The largest absolute Gasteiger partial charge is 0.445 e. The molecule has 1 saturated carbocycles. The number of rotatable bonds is 2. The zero-order valence-electron chi connectivity index (χ0n) is 12.5. The van der Waals surface area contributed by atoms with E-state index in [1.54, 1.807) is 23.1 Å². The maximum atomic E-state index is 12.7. The van der Waals surface area contributed by atoms with Crippen molar-refractivity contribution in [3.8, 4) is 0 Å². The third-order valence-corrected chi connectivity index (χ3v) is 5.03.